The number of benzene rings is 2. The quantitative estimate of drug-likeness (QED) is 0.638. The van der Waals surface area contributed by atoms with E-state index in [-0.39, 0.29) is 6.61 Å². The van der Waals surface area contributed by atoms with Gasteiger partial charge in [0.05, 0.1) is 19.3 Å². The molecule has 1 atom stereocenters. The Hall–Kier alpha value is -2.73. The van der Waals surface area contributed by atoms with Crippen LogP contribution in [0.3, 0.4) is 0 Å². The molecule has 2 aromatic carbocycles. The van der Waals surface area contributed by atoms with Gasteiger partial charge in [0.15, 0.2) is 0 Å². The number of rotatable bonds is 8. The first kappa shape index (κ1) is 20.0. The van der Waals surface area contributed by atoms with E-state index in [9.17, 15) is 4.79 Å². The Morgan fingerprint density at radius 1 is 1.18 bits per heavy atom. The van der Waals surface area contributed by atoms with E-state index in [4.69, 9.17) is 23.7 Å². The van der Waals surface area contributed by atoms with Crippen molar-refractivity contribution in [1.82, 2.24) is 0 Å². The van der Waals surface area contributed by atoms with Gasteiger partial charge in [-0.2, -0.15) is 0 Å². The van der Waals surface area contributed by atoms with Crippen LogP contribution in [-0.4, -0.2) is 31.9 Å². The number of methoxy groups -OCH3 is 1. The minimum Gasteiger partial charge on any atom is -0.496 e. The first-order chi connectivity index (χ1) is 13.4. The van der Waals surface area contributed by atoms with Gasteiger partial charge in [-0.15, -0.1) is 0 Å². The summed E-state index contributed by atoms with van der Waals surface area (Å²) in [6.45, 7) is 6.14. The molecular formula is C22H26O6. The molecule has 0 aromatic heterocycles. The lowest BCUT2D eigenvalue weighted by Crippen LogP contribution is -2.33. The summed E-state index contributed by atoms with van der Waals surface area (Å²) in [5, 5.41) is 0. The fraction of sp³-hybridized carbons (Fsp3) is 0.409. The molecule has 150 valence electrons. The number of hydrogen-bond donors (Lipinski definition) is 0. The predicted molar refractivity (Wildman–Crippen MR) is 104 cm³/mol. The van der Waals surface area contributed by atoms with Crippen molar-refractivity contribution in [3.8, 4) is 17.2 Å². The number of ether oxygens (including phenoxy) is 5. The Kier molecular flexibility index (Phi) is 6.09. The zero-order valence-corrected chi connectivity index (χ0v) is 16.7. The van der Waals surface area contributed by atoms with E-state index in [0.717, 1.165) is 11.1 Å². The van der Waals surface area contributed by atoms with Gasteiger partial charge >= 0.3 is 5.97 Å². The summed E-state index contributed by atoms with van der Waals surface area (Å²) >= 11 is 0. The lowest BCUT2D eigenvalue weighted by Gasteiger charge is -2.26. The molecule has 0 radical (unpaired) electrons. The highest BCUT2D eigenvalue weighted by Gasteiger charge is 2.45. The van der Waals surface area contributed by atoms with Crippen LogP contribution in [0.2, 0.25) is 0 Å². The summed E-state index contributed by atoms with van der Waals surface area (Å²) in [4.78, 5) is 11.8. The highest BCUT2D eigenvalue weighted by molar-refractivity contribution is 5.70. The van der Waals surface area contributed by atoms with Gasteiger partial charge in [-0.25, -0.2) is 4.79 Å². The van der Waals surface area contributed by atoms with Crippen LogP contribution in [0.4, 0.5) is 0 Å². The molecule has 6 heteroatoms. The zero-order valence-electron chi connectivity index (χ0n) is 16.7. The zero-order chi connectivity index (χ0) is 20.1. The minimum absolute atomic E-state index is 0.158. The average molecular weight is 386 g/mol. The van der Waals surface area contributed by atoms with E-state index in [1.165, 1.54) is 0 Å². The molecule has 0 aliphatic carbocycles. The molecule has 1 aliphatic rings. The number of fused-ring (bicyclic) bond motifs is 1. The van der Waals surface area contributed by atoms with Crippen LogP contribution in [0.15, 0.2) is 42.5 Å². The van der Waals surface area contributed by atoms with Crippen LogP contribution in [0.5, 0.6) is 17.2 Å². The lowest BCUT2D eigenvalue weighted by molar-refractivity contribution is -0.154. The van der Waals surface area contributed by atoms with Gasteiger partial charge in [0.25, 0.3) is 0 Å². The maximum absolute atomic E-state index is 11.8. The molecule has 0 N–H and O–H groups in total. The summed E-state index contributed by atoms with van der Waals surface area (Å²) < 4.78 is 28.5. The third-order valence-electron chi connectivity index (χ3n) is 4.49. The highest BCUT2D eigenvalue weighted by Crippen LogP contribution is 2.51. The molecule has 0 bridgehead atoms. The third kappa shape index (κ3) is 4.39. The average Bonchev–Trinajstić information content (AvgIpc) is 2.94. The van der Waals surface area contributed by atoms with E-state index < -0.39 is 17.7 Å². The second-order valence-electron chi connectivity index (χ2n) is 7.01. The lowest BCUT2D eigenvalue weighted by atomic mass is 9.96. The molecule has 2 aromatic rings. The van der Waals surface area contributed by atoms with Crippen molar-refractivity contribution in [2.75, 3.05) is 20.3 Å². The number of esters is 1. The normalized spacial score (nSPS) is 16.8. The largest absolute Gasteiger partial charge is 0.496 e. The van der Waals surface area contributed by atoms with E-state index >= 15 is 0 Å². The second kappa shape index (κ2) is 8.52. The predicted octanol–water partition coefficient (Wildman–Crippen LogP) is 4.07. The fourth-order valence-corrected chi connectivity index (χ4v) is 3.22. The van der Waals surface area contributed by atoms with Crippen molar-refractivity contribution in [3.05, 3.63) is 53.6 Å². The van der Waals surface area contributed by atoms with Crippen molar-refractivity contribution in [1.29, 1.82) is 0 Å². The summed E-state index contributed by atoms with van der Waals surface area (Å²) in [7, 11) is 1.59. The first-order valence-corrected chi connectivity index (χ1v) is 9.29. The molecular weight excluding hydrogens is 360 g/mol. The molecule has 0 saturated carbocycles. The van der Waals surface area contributed by atoms with Crippen molar-refractivity contribution >= 4 is 5.97 Å². The topological polar surface area (TPSA) is 63.2 Å². The van der Waals surface area contributed by atoms with Crippen molar-refractivity contribution in [2.45, 2.75) is 39.1 Å². The number of carbonyl (C=O) groups is 1. The van der Waals surface area contributed by atoms with Crippen LogP contribution < -0.4 is 14.2 Å². The maximum Gasteiger partial charge on any atom is 0.332 e. The van der Waals surface area contributed by atoms with E-state index in [1.807, 2.05) is 50.2 Å². The van der Waals surface area contributed by atoms with Gasteiger partial charge in [-0.1, -0.05) is 30.3 Å². The summed E-state index contributed by atoms with van der Waals surface area (Å²) in [6.07, 6.45) is -0.483. The Morgan fingerprint density at radius 2 is 1.93 bits per heavy atom. The second-order valence-corrected chi connectivity index (χ2v) is 7.01. The molecule has 0 spiro atoms. The SMILES string of the molecule is CCOC(=O)COC1c2c(OCc3ccccc3)cc(OC)cc2OC1(C)C. The molecule has 1 heterocycles. The molecule has 0 fully saturated rings. The van der Waals surface area contributed by atoms with E-state index in [1.54, 1.807) is 20.1 Å². The smallest absolute Gasteiger partial charge is 0.332 e. The summed E-state index contributed by atoms with van der Waals surface area (Å²) in [5.74, 6) is 1.45. The highest BCUT2D eigenvalue weighted by atomic mass is 16.6. The fourth-order valence-electron chi connectivity index (χ4n) is 3.22. The molecule has 6 nitrogen and oxygen atoms in total. The van der Waals surface area contributed by atoms with Crippen LogP contribution >= 0.6 is 0 Å². The van der Waals surface area contributed by atoms with Gasteiger partial charge in [0.2, 0.25) is 0 Å². The molecule has 3 rings (SSSR count). The van der Waals surface area contributed by atoms with Crippen molar-refractivity contribution in [2.24, 2.45) is 0 Å². The molecule has 28 heavy (non-hydrogen) atoms. The monoisotopic (exact) mass is 386 g/mol. The Balaban J connectivity index is 1.88. The Morgan fingerprint density at radius 3 is 2.61 bits per heavy atom. The van der Waals surface area contributed by atoms with Crippen molar-refractivity contribution < 1.29 is 28.5 Å². The number of carbonyl (C=O) groups excluding carboxylic acids is 1. The Bertz CT molecular complexity index is 815. The number of hydrogen-bond acceptors (Lipinski definition) is 6. The van der Waals surface area contributed by atoms with E-state index in [0.29, 0.717) is 30.5 Å². The Labute approximate surface area is 165 Å². The van der Waals surface area contributed by atoms with Gasteiger partial charge in [0, 0.05) is 12.1 Å². The molecule has 0 saturated heterocycles. The van der Waals surface area contributed by atoms with Crippen LogP contribution in [-0.2, 0) is 20.9 Å². The van der Waals surface area contributed by atoms with Crippen LogP contribution in [0, 0.1) is 0 Å². The molecule has 0 amide bonds. The first-order valence-electron chi connectivity index (χ1n) is 9.29. The van der Waals surface area contributed by atoms with Crippen LogP contribution in [0.1, 0.15) is 38.0 Å². The van der Waals surface area contributed by atoms with E-state index in [2.05, 4.69) is 0 Å². The third-order valence-corrected chi connectivity index (χ3v) is 4.49. The van der Waals surface area contributed by atoms with Gasteiger partial charge < -0.3 is 23.7 Å². The van der Waals surface area contributed by atoms with Crippen molar-refractivity contribution in [3.63, 3.8) is 0 Å². The minimum atomic E-state index is -0.675. The molecule has 1 aliphatic heterocycles. The maximum atomic E-state index is 11.8. The molecule has 1 unspecified atom stereocenters. The van der Waals surface area contributed by atoms with Gasteiger partial charge in [0.1, 0.15) is 42.2 Å². The van der Waals surface area contributed by atoms with Gasteiger partial charge in [-0.3, -0.25) is 0 Å². The summed E-state index contributed by atoms with van der Waals surface area (Å²) in [6, 6.07) is 13.5. The van der Waals surface area contributed by atoms with Crippen LogP contribution in [0.25, 0.3) is 0 Å². The standard InChI is InChI=1S/C22H26O6/c1-5-25-19(23)14-27-21-20-17(26-13-15-9-7-6-8-10-15)11-16(24-4)12-18(20)28-22(21,2)3/h6-12,21H,5,13-14H2,1-4H3. The summed E-state index contributed by atoms with van der Waals surface area (Å²) in [5.41, 5.74) is 1.14. The van der Waals surface area contributed by atoms with Gasteiger partial charge in [-0.05, 0) is 26.3 Å².